The van der Waals surface area contributed by atoms with Crippen molar-refractivity contribution in [3.8, 4) is 5.75 Å². The molecule has 6 heteroatoms. The summed E-state index contributed by atoms with van der Waals surface area (Å²) in [4.78, 5) is 11.8. The third-order valence-corrected chi connectivity index (χ3v) is 3.15. The molecule has 1 aromatic carbocycles. The van der Waals surface area contributed by atoms with Gasteiger partial charge in [0.15, 0.2) is 0 Å². The summed E-state index contributed by atoms with van der Waals surface area (Å²) in [5, 5.41) is 5.90. The zero-order valence-corrected chi connectivity index (χ0v) is 12.9. The van der Waals surface area contributed by atoms with Crippen molar-refractivity contribution in [2.24, 2.45) is 0 Å². The fraction of sp³-hybridized carbons (Fsp3) is 0.462. The minimum atomic E-state index is -0.322. The maximum Gasteiger partial charge on any atom is 0.242 e. The molecule has 0 saturated heterocycles. The van der Waals surface area contributed by atoms with Crippen LogP contribution in [0.1, 0.15) is 6.92 Å². The Hall–Kier alpha value is -1.27. The van der Waals surface area contributed by atoms with E-state index in [4.69, 9.17) is 9.47 Å². The maximum atomic E-state index is 11.8. The van der Waals surface area contributed by atoms with E-state index in [2.05, 4.69) is 26.6 Å². The first kappa shape index (κ1) is 15.8. The van der Waals surface area contributed by atoms with E-state index in [9.17, 15) is 4.79 Å². The highest BCUT2D eigenvalue weighted by Gasteiger charge is 2.12. The van der Waals surface area contributed by atoms with Gasteiger partial charge >= 0.3 is 0 Å². The first-order valence-corrected chi connectivity index (χ1v) is 6.74. The molecule has 0 spiro atoms. The van der Waals surface area contributed by atoms with E-state index in [1.165, 1.54) is 0 Å². The molecule has 1 rings (SSSR count). The molecular weight excluding hydrogens is 312 g/mol. The molecule has 2 N–H and O–H groups in total. The number of benzene rings is 1. The second kappa shape index (κ2) is 8.01. The maximum absolute atomic E-state index is 11.8. The quantitative estimate of drug-likeness (QED) is 0.751. The molecule has 1 amide bonds. The molecule has 5 nitrogen and oxygen atoms in total. The van der Waals surface area contributed by atoms with E-state index >= 15 is 0 Å². The highest BCUT2D eigenvalue weighted by Crippen LogP contribution is 2.27. The Morgan fingerprint density at radius 2 is 2.16 bits per heavy atom. The standard InChI is InChI=1S/C13H19BrN2O3/c1-9(13(17)15-6-7-18-2)16-10-4-5-12(19-3)11(14)8-10/h4-5,8-9,16H,6-7H2,1-3H3,(H,15,17). The topological polar surface area (TPSA) is 59.6 Å². The summed E-state index contributed by atoms with van der Waals surface area (Å²) < 4.78 is 10.9. The fourth-order valence-electron chi connectivity index (χ4n) is 1.50. The van der Waals surface area contributed by atoms with Gasteiger partial charge in [0.05, 0.1) is 18.2 Å². The lowest BCUT2D eigenvalue weighted by molar-refractivity contribution is -0.121. The second-order valence-electron chi connectivity index (χ2n) is 4.00. The minimum absolute atomic E-state index is 0.0657. The Morgan fingerprint density at radius 3 is 2.74 bits per heavy atom. The van der Waals surface area contributed by atoms with E-state index in [1.807, 2.05) is 18.2 Å². The van der Waals surface area contributed by atoms with Crippen molar-refractivity contribution in [1.29, 1.82) is 0 Å². The van der Waals surface area contributed by atoms with Crippen LogP contribution in [0.15, 0.2) is 22.7 Å². The molecule has 0 aliphatic rings. The van der Waals surface area contributed by atoms with Crippen molar-refractivity contribution < 1.29 is 14.3 Å². The van der Waals surface area contributed by atoms with Gasteiger partial charge in [-0.15, -0.1) is 0 Å². The van der Waals surface area contributed by atoms with Crippen LogP contribution in [0, 0.1) is 0 Å². The van der Waals surface area contributed by atoms with Crippen molar-refractivity contribution in [2.75, 3.05) is 32.7 Å². The van der Waals surface area contributed by atoms with Crippen molar-refractivity contribution in [2.45, 2.75) is 13.0 Å². The SMILES string of the molecule is COCCNC(=O)C(C)Nc1ccc(OC)c(Br)c1. The summed E-state index contributed by atoms with van der Waals surface area (Å²) in [6.45, 7) is 2.82. The highest BCUT2D eigenvalue weighted by molar-refractivity contribution is 9.10. The van der Waals surface area contributed by atoms with Gasteiger partial charge in [-0.2, -0.15) is 0 Å². The lowest BCUT2D eigenvalue weighted by Crippen LogP contribution is -2.39. The Morgan fingerprint density at radius 1 is 1.42 bits per heavy atom. The molecular formula is C13H19BrN2O3. The predicted molar refractivity (Wildman–Crippen MR) is 78.7 cm³/mol. The average molecular weight is 331 g/mol. The molecule has 0 fully saturated rings. The van der Waals surface area contributed by atoms with Gasteiger partial charge in [-0.3, -0.25) is 4.79 Å². The van der Waals surface area contributed by atoms with Crippen LogP contribution in [0.25, 0.3) is 0 Å². The van der Waals surface area contributed by atoms with Gasteiger partial charge in [-0.1, -0.05) is 0 Å². The Bertz CT molecular complexity index is 426. The number of carbonyl (C=O) groups is 1. The molecule has 0 aromatic heterocycles. The molecule has 0 saturated carbocycles. The molecule has 0 bridgehead atoms. The van der Waals surface area contributed by atoms with E-state index in [0.717, 1.165) is 15.9 Å². The number of nitrogens with one attached hydrogen (secondary N) is 2. The van der Waals surface area contributed by atoms with Gasteiger partial charge in [-0.25, -0.2) is 0 Å². The lowest BCUT2D eigenvalue weighted by atomic mass is 10.2. The summed E-state index contributed by atoms with van der Waals surface area (Å²) in [5.74, 6) is 0.687. The number of hydrogen-bond donors (Lipinski definition) is 2. The van der Waals surface area contributed by atoms with Crippen LogP contribution in [0.4, 0.5) is 5.69 Å². The van der Waals surface area contributed by atoms with Gasteiger partial charge in [0.1, 0.15) is 11.8 Å². The summed E-state index contributed by atoms with van der Waals surface area (Å²) in [6.07, 6.45) is 0. The zero-order valence-electron chi connectivity index (χ0n) is 11.3. The van der Waals surface area contributed by atoms with E-state index < -0.39 is 0 Å². The fourth-order valence-corrected chi connectivity index (χ4v) is 2.04. The van der Waals surface area contributed by atoms with Crippen LogP contribution in [-0.2, 0) is 9.53 Å². The van der Waals surface area contributed by atoms with Crippen molar-refractivity contribution in [1.82, 2.24) is 5.32 Å². The van der Waals surface area contributed by atoms with E-state index in [0.29, 0.717) is 13.2 Å². The Labute approximate surface area is 121 Å². The third kappa shape index (κ3) is 5.08. The molecule has 1 aromatic rings. The van der Waals surface area contributed by atoms with Crippen molar-refractivity contribution >= 4 is 27.5 Å². The van der Waals surface area contributed by atoms with Crippen LogP contribution in [0.3, 0.4) is 0 Å². The summed E-state index contributed by atoms with van der Waals surface area (Å²) >= 11 is 3.40. The predicted octanol–water partition coefficient (Wildman–Crippen LogP) is 2.02. The zero-order chi connectivity index (χ0) is 14.3. The van der Waals surface area contributed by atoms with Crippen LogP contribution in [-0.4, -0.2) is 39.3 Å². The average Bonchev–Trinajstić information content (AvgIpc) is 2.39. The third-order valence-electron chi connectivity index (χ3n) is 2.53. The second-order valence-corrected chi connectivity index (χ2v) is 4.85. The first-order chi connectivity index (χ1) is 9.08. The molecule has 19 heavy (non-hydrogen) atoms. The van der Waals surface area contributed by atoms with Gasteiger partial charge in [0, 0.05) is 19.3 Å². The van der Waals surface area contributed by atoms with Gasteiger partial charge < -0.3 is 20.1 Å². The molecule has 1 atom stereocenters. The first-order valence-electron chi connectivity index (χ1n) is 5.95. The minimum Gasteiger partial charge on any atom is -0.496 e. The number of carbonyl (C=O) groups excluding carboxylic acids is 1. The van der Waals surface area contributed by atoms with Crippen LogP contribution in [0.5, 0.6) is 5.75 Å². The van der Waals surface area contributed by atoms with Crippen LogP contribution >= 0.6 is 15.9 Å². The summed E-state index contributed by atoms with van der Waals surface area (Å²) in [6, 6.07) is 5.25. The molecule has 1 unspecified atom stereocenters. The number of anilines is 1. The smallest absolute Gasteiger partial charge is 0.242 e. The summed E-state index contributed by atoms with van der Waals surface area (Å²) in [7, 11) is 3.21. The monoisotopic (exact) mass is 330 g/mol. The molecule has 0 heterocycles. The summed E-state index contributed by atoms with van der Waals surface area (Å²) in [5.41, 5.74) is 0.849. The Balaban J connectivity index is 2.54. The van der Waals surface area contributed by atoms with Gasteiger partial charge in [0.2, 0.25) is 5.91 Å². The number of hydrogen-bond acceptors (Lipinski definition) is 4. The number of rotatable bonds is 7. The van der Waals surface area contributed by atoms with Crippen LogP contribution < -0.4 is 15.4 Å². The number of ether oxygens (including phenoxy) is 2. The van der Waals surface area contributed by atoms with Crippen LogP contribution in [0.2, 0.25) is 0 Å². The van der Waals surface area contributed by atoms with Crippen molar-refractivity contribution in [3.63, 3.8) is 0 Å². The molecule has 0 radical (unpaired) electrons. The van der Waals surface area contributed by atoms with E-state index in [-0.39, 0.29) is 11.9 Å². The number of halogens is 1. The van der Waals surface area contributed by atoms with Gasteiger partial charge in [-0.05, 0) is 41.1 Å². The molecule has 106 valence electrons. The number of amides is 1. The molecule has 0 aliphatic carbocycles. The van der Waals surface area contributed by atoms with Crippen molar-refractivity contribution in [3.05, 3.63) is 22.7 Å². The highest BCUT2D eigenvalue weighted by atomic mass is 79.9. The van der Waals surface area contributed by atoms with E-state index in [1.54, 1.807) is 21.1 Å². The number of methoxy groups -OCH3 is 2. The Kier molecular flexibility index (Phi) is 6.66. The van der Waals surface area contributed by atoms with Gasteiger partial charge in [0.25, 0.3) is 0 Å². The largest absolute Gasteiger partial charge is 0.496 e. The lowest BCUT2D eigenvalue weighted by Gasteiger charge is -2.16. The molecule has 0 aliphatic heterocycles. The normalized spacial score (nSPS) is 11.8.